The van der Waals surface area contributed by atoms with Gasteiger partial charge in [-0.1, -0.05) is 0 Å². The number of nitrogens with zero attached hydrogens (tertiary/aromatic N) is 3. The van der Waals surface area contributed by atoms with E-state index in [0.717, 1.165) is 71.4 Å². The van der Waals surface area contributed by atoms with Gasteiger partial charge >= 0.3 is 0 Å². The number of hydrogen-bond acceptors (Lipinski definition) is 7. The average Bonchev–Trinajstić information content (AvgIpc) is 3.39. The van der Waals surface area contributed by atoms with Gasteiger partial charge < -0.3 is 30.9 Å². The number of carbonyl (C=O) groups excluding carboxylic acids is 4. The quantitative estimate of drug-likeness (QED) is 0.441. The van der Waals surface area contributed by atoms with Crippen molar-refractivity contribution < 1.29 is 23.9 Å². The highest BCUT2D eigenvalue weighted by Gasteiger charge is 2.44. The second-order valence-electron chi connectivity index (χ2n) is 11.6. The molecule has 6 aliphatic rings. The number of primary amides is 1. The average molecular weight is 519 g/mol. The fraction of sp³-hybridized carbons (Fsp3) is 0.846. The van der Waals surface area contributed by atoms with E-state index in [0.29, 0.717) is 32.0 Å². The minimum absolute atomic E-state index is 0.00430. The van der Waals surface area contributed by atoms with Crippen LogP contribution in [0.1, 0.15) is 64.2 Å². The molecule has 2 bridgehead atoms. The molecule has 0 aromatic heterocycles. The molecule has 1 spiro atoms. The Kier molecular flexibility index (Phi) is 8.02. The number of likely N-dealkylation sites (tertiary alicyclic amines) is 1. The molecule has 206 valence electrons. The van der Waals surface area contributed by atoms with Gasteiger partial charge in [0.1, 0.15) is 6.04 Å². The first-order valence-electron chi connectivity index (χ1n) is 14.1. The SMILES string of the molecule is NC(=O)[C@@H]1CC(=O)N2CCC(CC2)N2CCC[C@H]2C(=O)NC2(CCN(C3CCOCC3)CC2)CC(=O)N1. The molecule has 6 aliphatic heterocycles. The molecule has 6 fully saturated rings. The predicted octanol–water partition coefficient (Wildman–Crippen LogP) is -0.664. The van der Waals surface area contributed by atoms with Crippen molar-refractivity contribution in [1.82, 2.24) is 25.3 Å². The van der Waals surface area contributed by atoms with Crippen LogP contribution in [-0.4, -0.2) is 114 Å². The highest BCUT2D eigenvalue weighted by molar-refractivity contribution is 5.92. The van der Waals surface area contributed by atoms with E-state index in [1.807, 2.05) is 0 Å². The third kappa shape index (κ3) is 5.93. The lowest BCUT2D eigenvalue weighted by atomic mass is 9.82. The third-order valence-corrected chi connectivity index (χ3v) is 9.29. The molecular weight excluding hydrogens is 476 g/mol. The lowest BCUT2D eigenvalue weighted by molar-refractivity contribution is -0.136. The number of amides is 4. The molecule has 0 unspecified atom stereocenters. The van der Waals surface area contributed by atoms with Gasteiger partial charge in [-0.25, -0.2) is 0 Å². The molecule has 0 aliphatic carbocycles. The zero-order valence-corrected chi connectivity index (χ0v) is 21.8. The number of piperidine rings is 2. The van der Waals surface area contributed by atoms with Gasteiger partial charge in [0, 0.05) is 57.9 Å². The summed E-state index contributed by atoms with van der Waals surface area (Å²) in [4.78, 5) is 58.7. The summed E-state index contributed by atoms with van der Waals surface area (Å²) in [7, 11) is 0. The molecule has 37 heavy (non-hydrogen) atoms. The van der Waals surface area contributed by atoms with Crippen LogP contribution in [0.4, 0.5) is 0 Å². The van der Waals surface area contributed by atoms with Crippen molar-refractivity contribution in [3.8, 4) is 0 Å². The van der Waals surface area contributed by atoms with E-state index in [-0.39, 0.29) is 42.6 Å². The summed E-state index contributed by atoms with van der Waals surface area (Å²) in [5.74, 6) is -1.23. The number of carbonyl (C=O) groups is 4. The molecule has 0 radical (unpaired) electrons. The van der Waals surface area contributed by atoms with Crippen molar-refractivity contribution >= 4 is 23.6 Å². The molecule has 6 saturated heterocycles. The van der Waals surface area contributed by atoms with Crippen molar-refractivity contribution in [3.05, 3.63) is 0 Å². The van der Waals surface area contributed by atoms with E-state index in [1.165, 1.54) is 0 Å². The van der Waals surface area contributed by atoms with Gasteiger partial charge in [0.25, 0.3) is 0 Å². The Morgan fingerprint density at radius 3 is 2.30 bits per heavy atom. The second kappa shape index (κ2) is 11.2. The lowest BCUT2D eigenvalue weighted by Crippen LogP contribution is -2.62. The van der Waals surface area contributed by atoms with Crippen molar-refractivity contribution in [2.75, 3.05) is 45.9 Å². The highest BCUT2D eigenvalue weighted by atomic mass is 16.5. The van der Waals surface area contributed by atoms with Crippen LogP contribution >= 0.6 is 0 Å². The summed E-state index contributed by atoms with van der Waals surface area (Å²) in [6.07, 6.45) is 6.65. The summed E-state index contributed by atoms with van der Waals surface area (Å²) in [6, 6.07) is -0.533. The second-order valence-corrected chi connectivity index (χ2v) is 11.6. The van der Waals surface area contributed by atoms with Crippen molar-refractivity contribution in [2.24, 2.45) is 5.73 Å². The zero-order valence-electron chi connectivity index (χ0n) is 21.8. The van der Waals surface area contributed by atoms with Crippen LogP contribution in [-0.2, 0) is 23.9 Å². The van der Waals surface area contributed by atoms with Crippen molar-refractivity contribution in [3.63, 3.8) is 0 Å². The first-order chi connectivity index (χ1) is 17.8. The number of nitrogens with one attached hydrogen (secondary N) is 2. The van der Waals surface area contributed by atoms with Crippen LogP contribution in [0, 0.1) is 0 Å². The monoisotopic (exact) mass is 518 g/mol. The first-order valence-corrected chi connectivity index (χ1v) is 14.1. The number of rotatable bonds is 2. The van der Waals surface area contributed by atoms with Gasteiger partial charge in [0.05, 0.1) is 18.0 Å². The van der Waals surface area contributed by atoms with E-state index < -0.39 is 17.5 Å². The van der Waals surface area contributed by atoms with Gasteiger partial charge in [-0.2, -0.15) is 0 Å². The molecule has 2 atom stereocenters. The van der Waals surface area contributed by atoms with Crippen molar-refractivity contribution in [1.29, 1.82) is 0 Å². The molecule has 6 rings (SSSR count). The van der Waals surface area contributed by atoms with Crippen LogP contribution in [0.3, 0.4) is 0 Å². The Hall–Kier alpha value is -2.24. The van der Waals surface area contributed by atoms with Crippen LogP contribution in [0.25, 0.3) is 0 Å². The summed E-state index contributed by atoms with van der Waals surface area (Å²) in [6.45, 7) is 5.18. The Balaban J connectivity index is 1.37. The number of hydrogen-bond donors (Lipinski definition) is 3. The van der Waals surface area contributed by atoms with Crippen LogP contribution in [0.15, 0.2) is 0 Å². The van der Waals surface area contributed by atoms with E-state index in [2.05, 4.69) is 20.4 Å². The number of ether oxygens (including phenoxy) is 1. The Labute approximate surface area is 218 Å². The molecule has 4 N–H and O–H groups in total. The molecule has 0 aromatic rings. The summed E-state index contributed by atoms with van der Waals surface area (Å²) in [5, 5.41) is 6.08. The van der Waals surface area contributed by atoms with E-state index >= 15 is 0 Å². The fourth-order valence-corrected chi connectivity index (χ4v) is 7.09. The van der Waals surface area contributed by atoms with Crippen LogP contribution in [0.2, 0.25) is 0 Å². The minimum atomic E-state index is -1.05. The summed E-state index contributed by atoms with van der Waals surface area (Å²) < 4.78 is 5.53. The number of fused-ring (bicyclic) bond motifs is 8. The maximum atomic E-state index is 13.7. The minimum Gasteiger partial charge on any atom is -0.381 e. The van der Waals surface area contributed by atoms with Gasteiger partial charge in [-0.3, -0.25) is 24.1 Å². The molecule has 0 saturated carbocycles. The van der Waals surface area contributed by atoms with Gasteiger partial charge in [-0.05, 0) is 57.9 Å². The van der Waals surface area contributed by atoms with Crippen LogP contribution < -0.4 is 16.4 Å². The standard InChI is InChI=1S/C26H42N6O5/c27-24(35)20-16-23(34)31-10-3-19(4-11-31)32-9-1-2-21(32)25(36)29-26(17-22(33)28-20)7-12-30(13-8-26)18-5-14-37-15-6-18/h18-21H,1-17H2,(H2,27,35)(H,28,33)(H,29,36)/t20-,21-/m0/s1. The van der Waals surface area contributed by atoms with Crippen molar-refractivity contribution in [2.45, 2.75) is 93.9 Å². The highest BCUT2D eigenvalue weighted by Crippen LogP contribution is 2.32. The van der Waals surface area contributed by atoms with E-state index in [1.54, 1.807) is 4.90 Å². The predicted molar refractivity (Wildman–Crippen MR) is 135 cm³/mol. The third-order valence-electron chi connectivity index (χ3n) is 9.29. The maximum absolute atomic E-state index is 13.7. The fourth-order valence-electron chi connectivity index (χ4n) is 7.09. The molecular formula is C26H42N6O5. The maximum Gasteiger partial charge on any atom is 0.240 e. The lowest BCUT2D eigenvalue weighted by Gasteiger charge is -2.46. The van der Waals surface area contributed by atoms with E-state index in [4.69, 9.17) is 10.5 Å². The Morgan fingerprint density at radius 1 is 0.919 bits per heavy atom. The largest absolute Gasteiger partial charge is 0.381 e. The Morgan fingerprint density at radius 2 is 1.62 bits per heavy atom. The molecule has 4 amide bonds. The molecule has 6 heterocycles. The van der Waals surface area contributed by atoms with Gasteiger partial charge in [-0.15, -0.1) is 0 Å². The number of nitrogens with two attached hydrogens (primary N) is 1. The molecule has 11 nitrogen and oxygen atoms in total. The van der Waals surface area contributed by atoms with Gasteiger partial charge in [0.15, 0.2) is 0 Å². The van der Waals surface area contributed by atoms with Gasteiger partial charge in [0.2, 0.25) is 23.6 Å². The smallest absolute Gasteiger partial charge is 0.240 e. The Bertz CT molecular complexity index is 877. The summed E-state index contributed by atoms with van der Waals surface area (Å²) in [5.41, 5.74) is 4.90. The molecule has 0 aromatic carbocycles. The zero-order chi connectivity index (χ0) is 26.0. The van der Waals surface area contributed by atoms with E-state index in [9.17, 15) is 19.2 Å². The molecule has 11 heteroatoms. The summed E-state index contributed by atoms with van der Waals surface area (Å²) >= 11 is 0. The topological polar surface area (TPSA) is 137 Å². The first kappa shape index (κ1) is 26.4. The normalized spacial score (nSPS) is 31.5. The van der Waals surface area contributed by atoms with Crippen LogP contribution in [0.5, 0.6) is 0 Å².